The molecule has 86 valence electrons. The minimum Gasteiger partial charge on any atom is -0.430 e. The molecule has 0 unspecified atom stereocenters. The van der Waals surface area contributed by atoms with Gasteiger partial charge in [-0.2, -0.15) is 0 Å². The van der Waals surface area contributed by atoms with Crippen molar-refractivity contribution >= 4 is 5.91 Å². The molecule has 2 rings (SSSR count). The highest BCUT2D eigenvalue weighted by molar-refractivity contribution is 5.94. The highest BCUT2D eigenvalue weighted by atomic mass is 16.4. The minimum absolute atomic E-state index is 0.0854. The zero-order chi connectivity index (χ0) is 11.5. The van der Waals surface area contributed by atoms with Gasteiger partial charge in [0, 0.05) is 31.7 Å². The molecule has 0 radical (unpaired) electrons. The Morgan fingerprint density at radius 3 is 3.00 bits per heavy atom. The topological polar surface area (TPSA) is 62.6 Å². The van der Waals surface area contributed by atoms with Gasteiger partial charge in [0.25, 0.3) is 5.91 Å². The summed E-state index contributed by atoms with van der Waals surface area (Å²) in [4.78, 5) is 24.6. The van der Waals surface area contributed by atoms with Crippen LogP contribution in [0.3, 0.4) is 0 Å². The Balaban J connectivity index is 2.17. The predicted octanol–water partition coefficient (Wildman–Crippen LogP) is 0.0737. The van der Waals surface area contributed by atoms with Crippen molar-refractivity contribution in [3.8, 4) is 0 Å². The summed E-state index contributed by atoms with van der Waals surface area (Å²) in [7, 11) is 0. The van der Waals surface area contributed by atoms with Crippen LogP contribution in [0, 0.1) is 0 Å². The first kappa shape index (κ1) is 10.9. The molecule has 5 nitrogen and oxygen atoms in total. The van der Waals surface area contributed by atoms with Gasteiger partial charge >= 0.3 is 5.63 Å². The van der Waals surface area contributed by atoms with Gasteiger partial charge in [0.2, 0.25) is 0 Å². The highest BCUT2D eigenvalue weighted by Gasteiger charge is 2.24. The lowest BCUT2D eigenvalue weighted by Crippen LogP contribution is -2.52. The van der Waals surface area contributed by atoms with Crippen LogP contribution in [0.25, 0.3) is 0 Å². The van der Waals surface area contributed by atoms with Gasteiger partial charge < -0.3 is 14.6 Å². The van der Waals surface area contributed by atoms with Gasteiger partial charge in [0.1, 0.15) is 6.26 Å². The van der Waals surface area contributed by atoms with Crippen LogP contribution in [0.4, 0.5) is 0 Å². The van der Waals surface area contributed by atoms with Gasteiger partial charge in [-0.05, 0) is 13.0 Å². The summed E-state index contributed by atoms with van der Waals surface area (Å²) < 4.78 is 4.69. The summed E-state index contributed by atoms with van der Waals surface area (Å²) in [5.74, 6) is -0.0854. The van der Waals surface area contributed by atoms with Crippen LogP contribution in [0.2, 0.25) is 0 Å². The average molecular weight is 222 g/mol. The van der Waals surface area contributed by atoms with E-state index in [0.29, 0.717) is 12.1 Å². The number of carbonyl (C=O) groups excluding carboxylic acids is 1. The van der Waals surface area contributed by atoms with E-state index in [1.165, 1.54) is 18.4 Å². The third-order valence-electron chi connectivity index (χ3n) is 2.71. The number of amides is 1. The van der Waals surface area contributed by atoms with E-state index < -0.39 is 5.63 Å². The molecule has 1 aromatic heterocycles. The number of rotatable bonds is 1. The summed E-state index contributed by atoms with van der Waals surface area (Å²) in [5, 5.41) is 3.21. The van der Waals surface area contributed by atoms with Gasteiger partial charge in [-0.1, -0.05) is 0 Å². The Bertz CT molecular complexity index is 421. The standard InChI is InChI=1S/C11H14N2O3/c1-8-6-12-4-5-13(8)11(15)9-2-3-10(14)16-7-9/h2-3,7-8,12H,4-6H2,1H3/t8-/m0/s1. The zero-order valence-corrected chi connectivity index (χ0v) is 9.10. The summed E-state index contributed by atoms with van der Waals surface area (Å²) in [6, 6.07) is 2.93. The maximum absolute atomic E-state index is 12.1. The molecule has 1 aliphatic heterocycles. The van der Waals surface area contributed by atoms with Crippen molar-refractivity contribution in [2.24, 2.45) is 0 Å². The van der Waals surface area contributed by atoms with Crippen molar-refractivity contribution in [1.82, 2.24) is 10.2 Å². The Morgan fingerprint density at radius 1 is 1.56 bits per heavy atom. The number of hydrogen-bond acceptors (Lipinski definition) is 4. The molecule has 16 heavy (non-hydrogen) atoms. The third-order valence-corrected chi connectivity index (χ3v) is 2.71. The van der Waals surface area contributed by atoms with E-state index in [0.717, 1.165) is 13.1 Å². The van der Waals surface area contributed by atoms with Gasteiger partial charge in [-0.3, -0.25) is 4.79 Å². The zero-order valence-electron chi connectivity index (χ0n) is 9.10. The molecule has 1 aliphatic rings. The minimum atomic E-state index is -0.440. The van der Waals surface area contributed by atoms with E-state index in [2.05, 4.69) is 9.73 Å². The van der Waals surface area contributed by atoms with E-state index in [9.17, 15) is 9.59 Å². The molecule has 0 saturated carbocycles. The van der Waals surface area contributed by atoms with Crippen molar-refractivity contribution in [2.75, 3.05) is 19.6 Å². The first-order chi connectivity index (χ1) is 7.68. The smallest absolute Gasteiger partial charge is 0.335 e. The van der Waals surface area contributed by atoms with Gasteiger partial charge in [0.15, 0.2) is 0 Å². The summed E-state index contributed by atoms with van der Waals surface area (Å²) in [6.45, 7) is 4.26. The lowest BCUT2D eigenvalue weighted by molar-refractivity contribution is 0.0653. The number of nitrogens with one attached hydrogen (secondary N) is 1. The molecule has 0 aliphatic carbocycles. The van der Waals surface area contributed by atoms with Crippen molar-refractivity contribution in [3.63, 3.8) is 0 Å². The fourth-order valence-electron chi connectivity index (χ4n) is 1.79. The molecule has 0 aromatic carbocycles. The van der Waals surface area contributed by atoms with Crippen molar-refractivity contribution < 1.29 is 9.21 Å². The molecule has 0 spiro atoms. The maximum atomic E-state index is 12.1. The van der Waals surface area contributed by atoms with Crippen LogP contribution in [0.5, 0.6) is 0 Å². The second-order valence-corrected chi connectivity index (χ2v) is 3.90. The molecule has 1 aromatic rings. The Hall–Kier alpha value is -1.62. The van der Waals surface area contributed by atoms with Crippen molar-refractivity contribution in [2.45, 2.75) is 13.0 Å². The molecule has 1 saturated heterocycles. The Labute approximate surface area is 93.1 Å². The van der Waals surface area contributed by atoms with E-state index in [1.807, 2.05) is 6.92 Å². The maximum Gasteiger partial charge on any atom is 0.335 e. The number of carbonyl (C=O) groups is 1. The monoisotopic (exact) mass is 222 g/mol. The average Bonchev–Trinajstić information content (AvgIpc) is 2.30. The number of piperazine rings is 1. The van der Waals surface area contributed by atoms with Gasteiger partial charge in [0.05, 0.1) is 5.56 Å². The third kappa shape index (κ3) is 2.14. The Morgan fingerprint density at radius 2 is 2.38 bits per heavy atom. The lowest BCUT2D eigenvalue weighted by Gasteiger charge is -2.33. The highest BCUT2D eigenvalue weighted by Crippen LogP contribution is 2.08. The SMILES string of the molecule is C[C@H]1CNCCN1C(=O)c1ccc(=O)oc1. The fraction of sp³-hybridized carbons (Fsp3) is 0.455. The quantitative estimate of drug-likeness (QED) is 0.730. The second kappa shape index (κ2) is 4.49. The molecule has 1 N–H and O–H groups in total. The van der Waals surface area contributed by atoms with Crippen LogP contribution in [-0.4, -0.2) is 36.5 Å². The summed E-state index contributed by atoms with van der Waals surface area (Å²) in [6.07, 6.45) is 1.22. The van der Waals surface area contributed by atoms with Gasteiger partial charge in [-0.25, -0.2) is 4.79 Å². The molecule has 1 amide bonds. The first-order valence-electron chi connectivity index (χ1n) is 5.29. The van der Waals surface area contributed by atoms with E-state index in [4.69, 9.17) is 0 Å². The van der Waals surface area contributed by atoms with E-state index in [1.54, 1.807) is 4.90 Å². The molecule has 5 heteroatoms. The number of nitrogens with zero attached hydrogens (tertiary/aromatic N) is 1. The van der Waals surface area contributed by atoms with Crippen molar-refractivity contribution in [3.05, 3.63) is 34.4 Å². The van der Waals surface area contributed by atoms with E-state index >= 15 is 0 Å². The molecule has 1 fully saturated rings. The van der Waals surface area contributed by atoms with Crippen LogP contribution in [0.1, 0.15) is 17.3 Å². The van der Waals surface area contributed by atoms with Crippen LogP contribution in [0.15, 0.2) is 27.6 Å². The normalized spacial score (nSPS) is 20.8. The summed E-state index contributed by atoms with van der Waals surface area (Å²) in [5.41, 5.74) is -0.0155. The first-order valence-corrected chi connectivity index (χ1v) is 5.29. The largest absolute Gasteiger partial charge is 0.430 e. The molecule has 2 heterocycles. The summed E-state index contributed by atoms with van der Waals surface area (Å²) >= 11 is 0. The van der Waals surface area contributed by atoms with Crippen LogP contribution >= 0.6 is 0 Å². The predicted molar refractivity (Wildman–Crippen MR) is 58.3 cm³/mol. The van der Waals surface area contributed by atoms with Crippen molar-refractivity contribution in [1.29, 1.82) is 0 Å². The molecular weight excluding hydrogens is 208 g/mol. The van der Waals surface area contributed by atoms with Gasteiger partial charge in [-0.15, -0.1) is 0 Å². The second-order valence-electron chi connectivity index (χ2n) is 3.90. The van der Waals surface area contributed by atoms with E-state index in [-0.39, 0.29) is 11.9 Å². The lowest BCUT2D eigenvalue weighted by atomic mass is 10.1. The van der Waals surface area contributed by atoms with Crippen LogP contribution in [-0.2, 0) is 0 Å². The fourth-order valence-corrected chi connectivity index (χ4v) is 1.79. The molecule has 1 atom stereocenters. The Kier molecular flexibility index (Phi) is 3.05. The number of hydrogen-bond donors (Lipinski definition) is 1. The van der Waals surface area contributed by atoms with Crippen LogP contribution < -0.4 is 10.9 Å². The molecular formula is C11H14N2O3. The molecule has 0 bridgehead atoms.